The van der Waals surface area contributed by atoms with E-state index in [1.807, 2.05) is 12.1 Å². The van der Waals surface area contributed by atoms with Crippen molar-refractivity contribution in [1.82, 2.24) is 5.32 Å². The Hall–Kier alpha value is -1.06. The summed E-state index contributed by atoms with van der Waals surface area (Å²) in [5, 5.41) is 13.8. The molecule has 1 atom stereocenters. The highest BCUT2D eigenvalue weighted by atomic mass is 16.5. The summed E-state index contributed by atoms with van der Waals surface area (Å²) in [6.45, 7) is 5.89. The average Bonchev–Trinajstić information content (AvgIpc) is 2.92. The summed E-state index contributed by atoms with van der Waals surface area (Å²) in [4.78, 5) is 0. The molecule has 0 radical (unpaired) electrons. The van der Waals surface area contributed by atoms with E-state index in [2.05, 4.69) is 31.3 Å². The van der Waals surface area contributed by atoms with Gasteiger partial charge < -0.3 is 15.2 Å². The van der Waals surface area contributed by atoms with Crippen LogP contribution in [0.1, 0.15) is 51.5 Å². The summed E-state index contributed by atoms with van der Waals surface area (Å²) < 4.78 is 5.75. The zero-order valence-corrected chi connectivity index (χ0v) is 13.4. The predicted octanol–water partition coefficient (Wildman–Crippen LogP) is 3.30. The Bertz CT molecular complexity index is 410. The first-order valence-corrected chi connectivity index (χ1v) is 8.29. The number of hydrogen-bond acceptors (Lipinski definition) is 3. The lowest BCUT2D eigenvalue weighted by molar-refractivity contribution is 0.00140. The van der Waals surface area contributed by atoms with Crippen LogP contribution in [0.2, 0.25) is 0 Å². The first kappa shape index (κ1) is 16.3. The molecular formula is C18H29NO2. The molecule has 0 saturated heterocycles. The normalized spacial score (nSPS) is 18.6. The van der Waals surface area contributed by atoms with Gasteiger partial charge in [0.1, 0.15) is 12.4 Å². The molecule has 2 rings (SSSR count). The lowest BCUT2D eigenvalue weighted by atomic mass is 10.0. The van der Waals surface area contributed by atoms with Gasteiger partial charge in [0.05, 0.1) is 5.60 Å². The molecule has 0 aromatic heterocycles. The molecule has 2 N–H and O–H groups in total. The Balaban J connectivity index is 1.78. The van der Waals surface area contributed by atoms with Gasteiger partial charge in [-0.25, -0.2) is 0 Å². The van der Waals surface area contributed by atoms with Crippen LogP contribution >= 0.6 is 0 Å². The Morgan fingerprint density at radius 3 is 2.52 bits per heavy atom. The maximum Gasteiger partial charge on any atom is 0.119 e. The van der Waals surface area contributed by atoms with Crippen LogP contribution in [0, 0.1) is 0 Å². The molecule has 0 heterocycles. The van der Waals surface area contributed by atoms with E-state index in [0.29, 0.717) is 12.6 Å². The second-order valence-corrected chi connectivity index (χ2v) is 6.42. The molecule has 0 amide bonds. The Kier molecular flexibility index (Phi) is 6.07. The smallest absolute Gasteiger partial charge is 0.119 e. The van der Waals surface area contributed by atoms with E-state index < -0.39 is 5.60 Å². The largest absolute Gasteiger partial charge is 0.491 e. The highest BCUT2D eigenvalue weighted by Crippen LogP contribution is 2.30. The molecule has 1 aromatic carbocycles. The molecule has 0 aliphatic heterocycles. The maximum absolute atomic E-state index is 10.3. The van der Waals surface area contributed by atoms with E-state index in [-0.39, 0.29) is 0 Å². The molecule has 118 valence electrons. The molecule has 1 aromatic rings. The van der Waals surface area contributed by atoms with Gasteiger partial charge in [0.15, 0.2) is 0 Å². The third-order valence-corrected chi connectivity index (χ3v) is 4.25. The summed E-state index contributed by atoms with van der Waals surface area (Å²) >= 11 is 0. The Labute approximate surface area is 128 Å². The molecule has 1 aliphatic rings. The van der Waals surface area contributed by atoms with Crippen molar-refractivity contribution in [3.05, 3.63) is 29.8 Å². The summed E-state index contributed by atoms with van der Waals surface area (Å²) in [7, 11) is 0. The zero-order valence-electron chi connectivity index (χ0n) is 13.4. The molecule has 1 aliphatic carbocycles. The average molecular weight is 291 g/mol. The number of hydrogen-bond donors (Lipinski definition) is 2. The number of rotatable bonds is 8. The summed E-state index contributed by atoms with van der Waals surface area (Å²) in [5.74, 6) is 0.855. The highest BCUT2D eigenvalue weighted by Gasteiger charge is 2.31. The molecule has 21 heavy (non-hydrogen) atoms. The first-order chi connectivity index (χ1) is 10.1. The van der Waals surface area contributed by atoms with Crippen molar-refractivity contribution in [2.24, 2.45) is 0 Å². The number of aliphatic hydroxyl groups is 1. The fraction of sp³-hybridized carbons (Fsp3) is 0.667. The van der Waals surface area contributed by atoms with Gasteiger partial charge in [-0.2, -0.15) is 0 Å². The van der Waals surface area contributed by atoms with Crippen LogP contribution in [0.5, 0.6) is 5.75 Å². The lowest BCUT2D eigenvalue weighted by Gasteiger charge is -2.22. The molecule has 0 bridgehead atoms. The number of benzene rings is 1. The minimum Gasteiger partial charge on any atom is -0.491 e. The van der Waals surface area contributed by atoms with E-state index in [1.54, 1.807) is 0 Å². The van der Waals surface area contributed by atoms with Gasteiger partial charge in [-0.05, 0) is 56.8 Å². The minimum atomic E-state index is -0.600. The third-order valence-electron chi connectivity index (χ3n) is 4.25. The molecule has 1 saturated carbocycles. The second-order valence-electron chi connectivity index (χ2n) is 6.42. The predicted molar refractivity (Wildman–Crippen MR) is 86.8 cm³/mol. The van der Waals surface area contributed by atoms with Crippen LogP contribution in [0.4, 0.5) is 0 Å². The van der Waals surface area contributed by atoms with Crippen molar-refractivity contribution in [2.45, 2.75) is 64.0 Å². The van der Waals surface area contributed by atoms with Crippen molar-refractivity contribution in [1.29, 1.82) is 0 Å². The molecule has 0 spiro atoms. The summed E-state index contributed by atoms with van der Waals surface area (Å²) in [6.07, 6.45) is 6.16. The molecular weight excluding hydrogens is 262 g/mol. The minimum absolute atomic E-state index is 0.417. The summed E-state index contributed by atoms with van der Waals surface area (Å²) in [6, 6.07) is 8.77. The van der Waals surface area contributed by atoms with E-state index in [9.17, 15) is 5.11 Å². The van der Waals surface area contributed by atoms with Crippen molar-refractivity contribution in [3.63, 3.8) is 0 Å². The zero-order chi connectivity index (χ0) is 15.1. The highest BCUT2D eigenvalue weighted by molar-refractivity contribution is 5.27. The van der Waals surface area contributed by atoms with Gasteiger partial charge in [-0.3, -0.25) is 0 Å². The molecule has 1 unspecified atom stereocenters. The molecule has 1 fully saturated rings. The van der Waals surface area contributed by atoms with Gasteiger partial charge in [0.25, 0.3) is 0 Å². The van der Waals surface area contributed by atoms with E-state index in [4.69, 9.17) is 4.74 Å². The SMILES string of the molecule is CCCNC(C)Cc1ccc(OCC2(O)CCCC2)cc1. The third kappa shape index (κ3) is 5.33. The number of nitrogens with one attached hydrogen (secondary N) is 1. The first-order valence-electron chi connectivity index (χ1n) is 8.29. The van der Waals surface area contributed by atoms with Gasteiger partial charge in [0, 0.05) is 6.04 Å². The van der Waals surface area contributed by atoms with Crippen molar-refractivity contribution >= 4 is 0 Å². The van der Waals surface area contributed by atoms with Crippen LogP contribution < -0.4 is 10.1 Å². The molecule has 3 heteroatoms. The van der Waals surface area contributed by atoms with Crippen LogP contribution in [0.25, 0.3) is 0 Å². The van der Waals surface area contributed by atoms with Crippen molar-refractivity contribution in [2.75, 3.05) is 13.2 Å². The maximum atomic E-state index is 10.3. The van der Waals surface area contributed by atoms with E-state index in [1.165, 1.54) is 12.0 Å². The Morgan fingerprint density at radius 1 is 1.24 bits per heavy atom. The van der Waals surface area contributed by atoms with Crippen LogP contribution in [0.3, 0.4) is 0 Å². The van der Waals surface area contributed by atoms with E-state index in [0.717, 1.165) is 44.4 Å². The summed E-state index contributed by atoms with van der Waals surface area (Å²) in [5.41, 5.74) is 0.718. The fourth-order valence-corrected chi connectivity index (χ4v) is 2.93. The Morgan fingerprint density at radius 2 is 1.90 bits per heavy atom. The lowest BCUT2D eigenvalue weighted by Crippen LogP contribution is -2.32. The van der Waals surface area contributed by atoms with Gasteiger partial charge in [-0.1, -0.05) is 31.9 Å². The van der Waals surface area contributed by atoms with Crippen LogP contribution in [-0.2, 0) is 6.42 Å². The standard InChI is InChI=1S/C18H29NO2/c1-3-12-19-15(2)13-16-6-8-17(9-7-16)21-14-18(20)10-4-5-11-18/h6-9,15,19-20H,3-5,10-14H2,1-2H3. The fourth-order valence-electron chi connectivity index (χ4n) is 2.93. The van der Waals surface area contributed by atoms with Gasteiger partial charge in [-0.15, -0.1) is 0 Å². The van der Waals surface area contributed by atoms with Gasteiger partial charge >= 0.3 is 0 Å². The quantitative estimate of drug-likeness (QED) is 0.772. The topological polar surface area (TPSA) is 41.5 Å². The second kappa shape index (κ2) is 7.81. The van der Waals surface area contributed by atoms with Crippen molar-refractivity contribution in [3.8, 4) is 5.75 Å². The van der Waals surface area contributed by atoms with Crippen molar-refractivity contribution < 1.29 is 9.84 Å². The number of ether oxygens (including phenoxy) is 1. The monoisotopic (exact) mass is 291 g/mol. The van der Waals surface area contributed by atoms with Crippen LogP contribution in [0.15, 0.2) is 24.3 Å². The van der Waals surface area contributed by atoms with Crippen LogP contribution in [-0.4, -0.2) is 29.9 Å². The van der Waals surface area contributed by atoms with Gasteiger partial charge in [0.2, 0.25) is 0 Å². The molecule has 3 nitrogen and oxygen atoms in total. The van der Waals surface area contributed by atoms with E-state index >= 15 is 0 Å².